The number of rotatable bonds is 3. The number of hydrogen-bond acceptors (Lipinski definition) is 4. The number of hydrazine groups is 1. The molecule has 4 saturated carbocycles. The van der Waals surface area contributed by atoms with E-state index in [-0.39, 0.29) is 17.1 Å². The number of fused-ring (bicyclic) bond motifs is 1. The molecule has 0 radical (unpaired) electrons. The first kappa shape index (κ1) is 17.7. The number of para-hydroxylation sites is 1. The number of carbonyl (C=O) groups excluding carboxylic acids is 2. The van der Waals surface area contributed by atoms with Gasteiger partial charge in [0.1, 0.15) is 5.58 Å². The molecule has 0 spiro atoms. The second-order valence-electron chi connectivity index (χ2n) is 9.42. The Hall–Kier alpha value is -2.34. The van der Waals surface area contributed by atoms with Crippen LogP contribution in [-0.4, -0.2) is 22.5 Å². The van der Waals surface area contributed by atoms with Crippen molar-refractivity contribution in [3.8, 4) is 0 Å². The van der Waals surface area contributed by atoms with Gasteiger partial charge in [-0.15, -0.1) is 0 Å². The maximum absolute atomic E-state index is 12.6. The topological polar surface area (TPSA) is 91.6 Å². The number of carbonyl (C=O) groups is 2. The summed E-state index contributed by atoms with van der Waals surface area (Å²) >= 11 is 0. The Bertz CT molecular complexity index is 949. The van der Waals surface area contributed by atoms with E-state index in [0.29, 0.717) is 30.3 Å². The van der Waals surface area contributed by atoms with Crippen molar-refractivity contribution in [2.45, 2.75) is 57.5 Å². The molecule has 148 valence electrons. The largest absolute Gasteiger partial charge is 0.451 e. The van der Waals surface area contributed by atoms with Crippen LogP contribution in [0, 0.1) is 24.2 Å². The zero-order valence-corrected chi connectivity index (χ0v) is 16.1. The van der Waals surface area contributed by atoms with Crippen LogP contribution in [0.2, 0.25) is 0 Å². The van der Waals surface area contributed by atoms with E-state index in [1.54, 1.807) is 0 Å². The van der Waals surface area contributed by atoms with Crippen LogP contribution in [-0.2, 0) is 4.79 Å². The third-order valence-electron chi connectivity index (χ3n) is 7.05. The average molecular weight is 382 g/mol. The maximum Gasteiger partial charge on any atom is 0.305 e. The lowest BCUT2D eigenvalue weighted by Gasteiger charge is -2.60. The molecule has 28 heavy (non-hydrogen) atoms. The zero-order chi connectivity index (χ0) is 19.5. The molecule has 0 saturated heterocycles. The van der Waals surface area contributed by atoms with Crippen LogP contribution in [0.25, 0.3) is 11.0 Å². The number of benzene rings is 1. The summed E-state index contributed by atoms with van der Waals surface area (Å²) in [5.74, 6) is 0.628. The van der Waals surface area contributed by atoms with Crippen molar-refractivity contribution in [2.75, 3.05) is 0 Å². The van der Waals surface area contributed by atoms with Crippen LogP contribution in [0.1, 0.15) is 61.1 Å². The fourth-order valence-corrected chi connectivity index (χ4v) is 6.57. The molecule has 4 fully saturated rings. The van der Waals surface area contributed by atoms with Gasteiger partial charge in [-0.05, 0) is 68.8 Å². The molecular weight excluding hydrogens is 356 g/mol. The molecule has 2 aromatic rings. The molecule has 1 heterocycles. The Morgan fingerprint density at radius 1 is 1.14 bits per heavy atom. The van der Waals surface area contributed by atoms with Crippen LogP contribution in [0.5, 0.6) is 0 Å². The third-order valence-corrected chi connectivity index (χ3v) is 7.05. The van der Waals surface area contributed by atoms with Crippen molar-refractivity contribution in [2.24, 2.45) is 17.3 Å². The highest BCUT2D eigenvalue weighted by Crippen LogP contribution is 2.62. The number of hydrogen-bond donors (Lipinski definition) is 3. The van der Waals surface area contributed by atoms with E-state index < -0.39 is 11.5 Å². The third kappa shape index (κ3) is 2.91. The monoisotopic (exact) mass is 382 g/mol. The van der Waals surface area contributed by atoms with Gasteiger partial charge in [-0.1, -0.05) is 18.2 Å². The minimum atomic E-state index is -0.584. The number of amides is 2. The van der Waals surface area contributed by atoms with E-state index in [1.165, 1.54) is 6.42 Å². The van der Waals surface area contributed by atoms with Gasteiger partial charge in [-0.2, -0.15) is 0 Å². The summed E-state index contributed by atoms with van der Waals surface area (Å²) in [5, 5.41) is 11.7. The van der Waals surface area contributed by atoms with E-state index in [0.717, 1.165) is 36.6 Å². The van der Waals surface area contributed by atoms with Crippen LogP contribution >= 0.6 is 0 Å². The number of aryl methyl sites for hydroxylation is 1. The molecule has 2 unspecified atom stereocenters. The smallest absolute Gasteiger partial charge is 0.305 e. The Morgan fingerprint density at radius 2 is 1.86 bits per heavy atom. The molecule has 6 nitrogen and oxygen atoms in total. The number of aliphatic hydroxyl groups is 1. The van der Waals surface area contributed by atoms with Crippen molar-refractivity contribution in [3.63, 3.8) is 0 Å². The van der Waals surface area contributed by atoms with Gasteiger partial charge in [0.05, 0.1) is 5.60 Å². The van der Waals surface area contributed by atoms with Gasteiger partial charge in [0, 0.05) is 17.4 Å². The lowest BCUT2D eigenvalue weighted by atomic mass is 9.47. The van der Waals surface area contributed by atoms with Crippen LogP contribution in [0.3, 0.4) is 0 Å². The predicted molar refractivity (Wildman–Crippen MR) is 103 cm³/mol. The summed E-state index contributed by atoms with van der Waals surface area (Å²) < 4.78 is 5.64. The summed E-state index contributed by atoms with van der Waals surface area (Å²) in [7, 11) is 0. The molecule has 4 atom stereocenters. The SMILES string of the molecule is Cc1c(C(=O)NNC(=O)CC23C[C@@H]4C[C@@H](CC(O)(C4)C2)C3)oc2ccccc12. The fraction of sp³-hybridized carbons (Fsp3) is 0.545. The second kappa shape index (κ2) is 6.08. The maximum atomic E-state index is 12.6. The molecule has 1 aromatic heterocycles. The van der Waals surface area contributed by atoms with E-state index in [2.05, 4.69) is 10.9 Å². The van der Waals surface area contributed by atoms with Gasteiger partial charge in [-0.3, -0.25) is 20.4 Å². The number of nitrogens with one attached hydrogen (secondary N) is 2. The zero-order valence-electron chi connectivity index (χ0n) is 16.1. The van der Waals surface area contributed by atoms with Gasteiger partial charge in [0.15, 0.2) is 5.76 Å². The second-order valence-corrected chi connectivity index (χ2v) is 9.42. The van der Waals surface area contributed by atoms with Crippen LogP contribution in [0.4, 0.5) is 0 Å². The van der Waals surface area contributed by atoms with Crippen molar-refractivity contribution in [3.05, 3.63) is 35.6 Å². The molecule has 4 aliphatic rings. The highest BCUT2D eigenvalue weighted by atomic mass is 16.3. The quantitative estimate of drug-likeness (QED) is 0.711. The van der Waals surface area contributed by atoms with Gasteiger partial charge in [-0.25, -0.2) is 0 Å². The lowest BCUT2D eigenvalue weighted by Crippen LogP contribution is -2.57. The minimum Gasteiger partial charge on any atom is -0.451 e. The standard InChI is InChI=1S/C22H26N2O4/c1-13-16-4-2-3-5-17(16)28-19(13)20(26)24-23-18(25)11-21-7-14-6-15(8-21)10-22(27,9-14)12-21/h2-5,14-15,27H,6-12H2,1H3,(H,23,25)(H,24,26)/t14-,15+,21?,22?. The Balaban J connectivity index is 1.24. The average Bonchev–Trinajstić information content (AvgIpc) is 2.94. The summed E-state index contributed by atoms with van der Waals surface area (Å²) in [5.41, 5.74) is 5.76. The van der Waals surface area contributed by atoms with Gasteiger partial charge in [0.25, 0.3) is 0 Å². The molecule has 0 aliphatic heterocycles. The Morgan fingerprint density at radius 3 is 2.54 bits per heavy atom. The first-order valence-electron chi connectivity index (χ1n) is 10.1. The van der Waals surface area contributed by atoms with Crippen molar-refractivity contribution in [1.82, 2.24) is 10.9 Å². The van der Waals surface area contributed by atoms with E-state index in [4.69, 9.17) is 4.42 Å². The van der Waals surface area contributed by atoms with Crippen molar-refractivity contribution < 1.29 is 19.1 Å². The molecule has 3 N–H and O–H groups in total. The highest BCUT2D eigenvalue weighted by molar-refractivity contribution is 5.99. The minimum absolute atomic E-state index is 0.122. The van der Waals surface area contributed by atoms with E-state index >= 15 is 0 Å². The summed E-state index contributed by atoms with van der Waals surface area (Å²) in [6.07, 6.45) is 6.03. The van der Waals surface area contributed by atoms with E-state index in [9.17, 15) is 14.7 Å². The first-order valence-corrected chi connectivity index (χ1v) is 10.1. The molecule has 1 aromatic carbocycles. The highest BCUT2D eigenvalue weighted by Gasteiger charge is 2.57. The molecule has 2 amide bonds. The number of furan rings is 1. The molecule has 4 bridgehead atoms. The molecule has 6 heteroatoms. The fourth-order valence-electron chi connectivity index (χ4n) is 6.57. The summed E-state index contributed by atoms with van der Waals surface area (Å²) in [4.78, 5) is 25.1. The molecule has 4 aliphatic carbocycles. The van der Waals surface area contributed by atoms with Crippen LogP contribution in [0.15, 0.2) is 28.7 Å². The molecular formula is C22H26N2O4. The van der Waals surface area contributed by atoms with E-state index in [1.807, 2.05) is 31.2 Å². The molecule has 6 rings (SSSR count). The normalized spacial score (nSPS) is 33.2. The van der Waals surface area contributed by atoms with Gasteiger partial charge < -0.3 is 9.52 Å². The van der Waals surface area contributed by atoms with Crippen molar-refractivity contribution in [1.29, 1.82) is 0 Å². The first-order chi connectivity index (χ1) is 13.3. The summed E-state index contributed by atoms with van der Waals surface area (Å²) in [6.45, 7) is 1.83. The lowest BCUT2D eigenvalue weighted by molar-refractivity contribution is -0.169. The summed E-state index contributed by atoms with van der Waals surface area (Å²) in [6, 6.07) is 7.47. The Kier molecular flexibility index (Phi) is 3.85. The van der Waals surface area contributed by atoms with Crippen molar-refractivity contribution >= 4 is 22.8 Å². The van der Waals surface area contributed by atoms with Gasteiger partial charge in [0.2, 0.25) is 5.91 Å². The predicted octanol–water partition coefficient (Wildman–Crippen LogP) is 3.22. The van der Waals surface area contributed by atoms with Gasteiger partial charge >= 0.3 is 5.91 Å². The Labute approximate surface area is 163 Å². The van der Waals surface area contributed by atoms with Crippen LogP contribution < -0.4 is 10.9 Å².